The number of hydrogen-bond acceptors (Lipinski definition) is 2. The molecule has 0 radical (unpaired) electrons. The first kappa shape index (κ1) is 13.3. The SMILES string of the molecule is Cc1nn(-c2ccc(Cl)cc2C(N)=S)c(C)c1Cl. The van der Waals surface area contributed by atoms with Crippen LogP contribution in [0.15, 0.2) is 18.2 Å². The van der Waals surface area contributed by atoms with Crippen molar-refractivity contribution >= 4 is 40.4 Å². The van der Waals surface area contributed by atoms with Gasteiger partial charge in [-0.3, -0.25) is 0 Å². The molecule has 0 aliphatic heterocycles. The van der Waals surface area contributed by atoms with E-state index < -0.39 is 0 Å². The number of hydrogen-bond donors (Lipinski definition) is 1. The Bertz CT molecular complexity index is 634. The molecule has 0 aliphatic rings. The zero-order chi connectivity index (χ0) is 13.4. The molecule has 94 valence electrons. The highest BCUT2D eigenvalue weighted by Crippen LogP contribution is 2.25. The van der Waals surface area contributed by atoms with E-state index in [1.807, 2.05) is 19.9 Å². The number of benzene rings is 1. The van der Waals surface area contributed by atoms with Gasteiger partial charge in [-0.2, -0.15) is 5.10 Å². The minimum atomic E-state index is 0.274. The molecule has 0 saturated carbocycles. The molecule has 0 aliphatic carbocycles. The first-order valence-electron chi connectivity index (χ1n) is 5.23. The van der Waals surface area contributed by atoms with E-state index in [2.05, 4.69) is 5.10 Å². The van der Waals surface area contributed by atoms with Crippen LogP contribution in [0.4, 0.5) is 0 Å². The van der Waals surface area contributed by atoms with Crippen molar-refractivity contribution in [3.63, 3.8) is 0 Å². The van der Waals surface area contributed by atoms with Gasteiger partial charge >= 0.3 is 0 Å². The monoisotopic (exact) mass is 299 g/mol. The Balaban J connectivity index is 2.71. The zero-order valence-corrected chi connectivity index (χ0v) is 12.2. The maximum absolute atomic E-state index is 6.14. The highest BCUT2D eigenvalue weighted by molar-refractivity contribution is 7.80. The summed E-state index contributed by atoms with van der Waals surface area (Å²) in [6.07, 6.45) is 0. The lowest BCUT2D eigenvalue weighted by Crippen LogP contribution is -2.14. The number of aromatic nitrogens is 2. The molecule has 3 nitrogen and oxygen atoms in total. The first-order valence-corrected chi connectivity index (χ1v) is 6.39. The van der Waals surface area contributed by atoms with Gasteiger partial charge in [0.25, 0.3) is 0 Å². The second-order valence-corrected chi connectivity index (χ2v) is 5.18. The third-order valence-corrected chi connectivity index (χ3v) is 3.66. The van der Waals surface area contributed by atoms with Crippen LogP contribution in [-0.4, -0.2) is 14.8 Å². The van der Waals surface area contributed by atoms with E-state index in [-0.39, 0.29) is 4.99 Å². The van der Waals surface area contributed by atoms with Gasteiger partial charge in [0.1, 0.15) is 4.99 Å². The topological polar surface area (TPSA) is 43.8 Å². The molecule has 0 spiro atoms. The van der Waals surface area contributed by atoms with Crippen LogP contribution in [0.5, 0.6) is 0 Å². The fourth-order valence-electron chi connectivity index (χ4n) is 1.75. The minimum Gasteiger partial charge on any atom is -0.389 e. The molecule has 1 aromatic carbocycles. The largest absolute Gasteiger partial charge is 0.389 e. The van der Waals surface area contributed by atoms with Crippen LogP contribution in [0.1, 0.15) is 17.0 Å². The van der Waals surface area contributed by atoms with Crippen molar-refractivity contribution in [1.29, 1.82) is 0 Å². The van der Waals surface area contributed by atoms with Crippen LogP contribution in [0, 0.1) is 13.8 Å². The summed E-state index contributed by atoms with van der Waals surface area (Å²) in [6.45, 7) is 3.74. The Morgan fingerprint density at radius 3 is 2.50 bits per heavy atom. The molecule has 0 atom stereocenters. The minimum absolute atomic E-state index is 0.274. The second-order valence-electron chi connectivity index (χ2n) is 3.92. The maximum Gasteiger partial charge on any atom is 0.106 e. The fraction of sp³-hybridized carbons (Fsp3) is 0.167. The molecule has 2 rings (SSSR count). The number of halogens is 2. The molecule has 0 amide bonds. The molecule has 6 heteroatoms. The van der Waals surface area contributed by atoms with Crippen LogP contribution in [0.3, 0.4) is 0 Å². The molecular weight excluding hydrogens is 289 g/mol. The Morgan fingerprint density at radius 2 is 2.00 bits per heavy atom. The Labute approximate surface area is 120 Å². The van der Waals surface area contributed by atoms with Crippen molar-refractivity contribution in [3.8, 4) is 5.69 Å². The molecule has 2 N–H and O–H groups in total. The van der Waals surface area contributed by atoms with Crippen LogP contribution < -0.4 is 5.73 Å². The van der Waals surface area contributed by atoms with E-state index in [9.17, 15) is 0 Å². The summed E-state index contributed by atoms with van der Waals surface area (Å²) in [5.74, 6) is 0. The number of thiocarbonyl (C=S) groups is 1. The quantitative estimate of drug-likeness (QED) is 0.864. The molecule has 0 fully saturated rings. The molecule has 1 aromatic heterocycles. The van der Waals surface area contributed by atoms with E-state index >= 15 is 0 Å². The number of nitrogens with two attached hydrogens (primary N) is 1. The molecule has 2 aromatic rings. The molecule has 1 heterocycles. The van der Waals surface area contributed by atoms with E-state index in [1.165, 1.54) is 0 Å². The van der Waals surface area contributed by atoms with Crippen molar-refractivity contribution < 1.29 is 0 Å². The lowest BCUT2D eigenvalue weighted by atomic mass is 10.1. The van der Waals surface area contributed by atoms with E-state index in [0.717, 1.165) is 17.1 Å². The summed E-state index contributed by atoms with van der Waals surface area (Å²) in [5, 5.41) is 5.59. The molecule has 0 saturated heterocycles. The van der Waals surface area contributed by atoms with Crippen LogP contribution in [0.25, 0.3) is 5.69 Å². The number of aryl methyl sites for hydroxylation is 1. The van der Waals surface area contributed by atoms with Gasteiger partial charge in [-0.15, -0.1) is 0 Å². The van der Waals surface area contributed by atoms with Gasteiger partial charge in [-0.05, 0) is 32.0 Å². The van der Waals surface area contributed by atoms with Gasteiger partial charge in [0, 0.05) is 10.6 Å². The normalized spacial score (nSPS) is 10.7. The smallest absolute Gasteiger partial charge is 0.106 e. The first-order chi connectivity index (χ1) is 8.41. The Morgan fingerprint density at radius 1 is 1.33 bits per heavy atom. The highest BCUT2D eigenvalue weighted by atomic mass is 35.5. The molecular formula is C12H11Cl2N3S. The van der Waals surface area contributed by atoms with Gasteiger partial charge in [-0.1, -0.05) is 35.4 Å². The standard InChI is InChI=1S/C12H11Cl2N3S/c1-6-11(14)7(2)17(16-6)10-4-3-8(13)5-9(10)12(15)18/h3-5H,1-2H3,(H2,15,18). The summed E-state index contributed by atoms with van der Waals surface area (Å²) < 4.78 is 1.72. The zero-order valence-electron chi connectivity index (χ0n) is 9.87. The summed E-state index contributed by atoms with van der Waals surface area (Å²) in [4.78, 5) is 0.274. The number of nitrogens with zero attached hydrogens (tertiary/aromatic N) is 2. The number of rotatable bonds is 2. The van der Waals surface area contributed by atoms with Gasteiger partial charge in [-0.25, -0.2) is 4.68 Å². The summed E-state index contributed by atoms with van der Waals surface area (Å²) in [5.41, 5.74) is 8.78. The molecule has 0 unspecified atom stereocenters. The van der Waals surface area contributed by atoms with Crippen LogP contribution in [0.2, 0.25) is 10.0 Å². The van der Waals surface area contributed by atoms with Crippen LogP contribution in [-0.2, 0) is 0 Å². The van der Waals surface area contributed by atoms with Crippen molar-refractivity contribution in [2.24, 2.45) is 5.73 Å². The summed E-state index contributed by atoms with van der Waals surface area (Å²) in [7, 11) is 0. The predicted molar refractivity (Wildman–Crippen MR) is 78.9 cm³/mol. The van der Waals surface area contributed by atoms with Crippen molar-refractivity contribution in [3.05, 3.63) is 45.2 Å². The Kier molecular flexibility index (Phi) is 3.61. The van der Waals surface area contributed by atoms with E-state index in [4.69, 9.17) is 41.2 Å². The van der Waals surface area contributed by atoms with Crippen molar-refractivity contribution in [2.75, 3.05) is 0 Å². The second kappa shape index (κ2) is 4.88. The summed E-state index contributed by atoms with van der Waals surface area (Å²) >= 11 is 17.1. The van der Waals surface area contributed by atoms with Gasteiger partial charge in [0.2, 0.25) is 0 Å². The molecule has 0 bridgehead atoms. The van der Waals surface area contributed by atoms with Gasteiger partial charge in [0.05, 0.1) is 22.1 Å². The fourth-order valence-corrected chi connectivity index (χ4v) is 2.20. The molecule has 18 heavy (non-hydrogen) atoms. The van der Waals surface area contributed by atoms with Crippen molar-refractivity contribution in [1.82, 2.24) is 9.78 Å². The third-order valence-electron chi connectivity index (χ3n) is 2.66. The average molecular weight is 300 g/mol. The van der Waals surface area contributed by atoms with Gasteiger partial charge in [0.15, 0.2) is 0 Å². The van der Waals surface area contributed by atoms with E-state index in [1.54, 1.807) is 16.8 Å². The lowest BCUT2D eigenvalue weighted by molar-refractivity contribution is 0.832. The lowest BCUT2D eigenvalue weighted by Gasteiger charge is -2.10. The maximum atomic E-state index is 6.14. The third kappa shape index (κ3) is 2.23. The highest BCUT2D eigenvalue weighted by Gasteiger charge is 2.15. The predicted octanol–water partition coefficient (Wildman–Crippen LogP) is 3.43. The van der Waals surface area contributed by atoms with Gasteiger partial charge < -0.3 is 5.73 Å². The van der Waals surface area contributed by atoms with E-state index in [0.29, 0.717) is 15.6 Å². The Hall–Kier alpha value is -1.10. The van der Waals surface area contributed by atoms with Crippen molar-refractivity contribution in [2.45, 2.75) is 13.8 Å². The average Bonchev–Trinajstić information content (AvgIpc) is 2.57. The van der Waals surface area contributed by atoms with Crippen LogP contribution >= 0.6 is 35.4 Å². The summed E-state index contributed by atoms with van der Waals surface area (Å²) in [6, 6.07) is 5.32.